The number of aromatic nitrogens is 3. The van der Waals surface area contributed by atoms with Gasteiger partial charge in [-0.05, 0) is 58.4 Å². The lowest BCUT2D eigenvalue weighted by atomic mass is 10.1. The first-order chi connectivity index (χ1) is 22.9. The van der Waals surface area contributed by atoms with Gasteiger partial charge in [-0.15, -0.1) is 0 Å². The minimum Gasteiger partial charge on any atom is -0.356 e. The molecular formula is C42H34N4Si. The van der Waals surface area contributed by atoms with Crippen molar-refractivity contribution in [1.29, 1.82) is 0 Å². The van der Waals surface area contributed by atoms with Crippen molar-refractivity contribution in [2.45, 2.75) is 13.1 Å². The van der Waals surface area contributed by atoms with Crippen LogP contribution in [0.15, 0.2) is 158 Å². The number of anilines is 1. The van der Waals surface area contributed by atoms with E-state index < -0.39 is 8.07 Å². The van der Waals surface area contributed by atoms with Crippen LogP contribution < -0.4 is 15.7 Å². The Morgan fingerprint density at radius 2 is 1.30 bits per heavy atom. The van der Waals surface area contributed by atoms with Crippen molar-refractivity contribution >= 4 is 51.5 Å². The zero-order valence-electron chi connectivity index (χ0n) is 26.5. The molecule has 1 aliphatic heterocycles. The van der Waals surface area contributed by atoms with Crippen molar-refractivity contribution in [2.75, 3.05) is 5.32 Å². The average Bonchev–Trinajstić information content (AvgIpc) is 3.56. The van der Waals surface area contributed by atoms with Crippen LogP contribution in [-0.4, -0.2) is 22.6 Å². The van der Waals surface area contributed by atoms with Crippen LogP contribution in [0.25, 0.3) is 55.6 Å². The third-order valence-corrected chi connectivity index (χ3v) is 12.8. The Bertz CT molecular complexity index is 2330. The maximum absolute atomic E-state index is 5.33. The summed E-state index contributed by atoms with van der Waals surface area (Å²) in [6.45, 7) is 13.2. The van der Waals surface area contributed by atoms with Gasteiger partial charge in [-0.3, -0.25) is 0 Å². The molecule has 2 aromatic heterocycles. The van der Waals surface area contributed by atoms with Gasteiger partial charge in [0.2, 0.25) is 0 Å². The Hall–Kier alpha value is -5.78. The molecule has 0 saturated heterocycles. The highest BCUT2D eigenvalue weighted by atomic mass is 28.3. The first kappa shape index (κ1) is 28.7. The number of nitrogens with zero attached hydrogens (tertiary/aromatic N) is 3. The van der Waals surface area contributed by atoms with Crippen molar-refractivity contribution in [1.82, 2.24) is 14.5 Å². The van der Waals surface area contributed by atoms with Gasteiger partial charge in [0.1, 0.15) is 8.07 Å². The van der Waals surface area contributed by atoms with Gasteiger partial charge >= 0.3 is 0 Å². The second kappa shape index (κ2) is 11.2. The Morgan fingerprint density at radius 1 is 0.702 bits per heavy atom. The normalized spacial score (nSPS) is 13.4. The van der Waals surface area contributed by atoms with E-state index >= 15 is 0 Å². The first-order valence-electron chi connectivity index (χ1n) is 15.9. The Balaban J connectivity index is 1.28. The molecule has 0 spiro atoms. The van der Waals surface area contributed by atoms with Crippen LogP contribution in [0.4, 0.5) is 5.69 Å². The molecule has 0 radical (unpaired) electrons. The van der Waals surface area contributed by atoms with Crippen LogP contribution in [0.5, 0.6) is 0 Å². The summed E-state index contributed by atoms with van der Waals surface area (Å²) < 4.78 is 2.35. The Labute approximate surface area is 276 Å². The number of hydrogen-bond acceptors (Lipinski definition) is 3. The van der Waals surface area contributed by atoms with Crippen LogP contribution in [0.3, 0.4) is 0 Å². The third-order valence-electron chi connectivity index (χ3n) is 9.26. The zero-order chi connectivity index (χ0) is 32.1. The Kier molecular flexibility index (Phi) is 6.85. The van der Waals surface area contributed by atoms with E-state index in [0.29, 0.717) is 5.82 Å². The molecule has 1 aliphatic rings. The van der Waals surface area contributed by atoms with E-state index in [0.717, 1.165) is 39.6 Å². The van der Waals surface area contributed by atoms with Crippen molar-refractivity contribution in [3.8, 4) is 28.2 Å². The van der Waals surface area contributed by atoms with Gasteiger partial charge in [-0.2, -0.15) is 0 Å². The van der Waals surface area contributed by atoms with E-state index in [9.17, 15) is 0 Å². The lowest BCUT2D eigenvalue weighted by Crippen LogP contribution is -2.50. The van der Waals surface area contributed by atoms with Crippen molar-refractivity contribution in [3.63, 3.8) is 0 Å². The van der Waals surface area contributed by atoms with Crippen LogP contribution in [-0.2, 0) is 0 Å². The van der Waals surface area contributed by atoms with Gasteiger partial charge in [0.25, 0.3) is 0 Å². The van der Waals surface area contributed by atoms with E-state index in [1.165, 1.54) is 37.7 Å². The monoisotopic (exact) mass is 622 g/mol. The standard InChI is InChI=1S/C42H34N4Si/c1-5-29(27-28(2)43-31-15-7-6-8-16-31)42-44-39(41-40(45-42)35-19-11-14-22-38(35)47(41,3)4)30-23-25-32(26-24-30)46-36-20-12-9-17-33(36)34-18-10-13-21-37(34)46/h5-27,43H,1-2H2,3-4H3/b29-27+. The van der Waals surface area contributed by atoms with Gasteiger partial charge in [0.05, 0.1) is 22.4 Å². The van der Waals surface area contributed by atoms with E-state index in [4.69, 9.17) is 9.97 Å². The predicted molar refractivity (Wildman–Crippen MR) is 201 cm³/mol. The number of allylic oxidation sites excluding steroid dienone is 3. The van der Waals surface area contributed by atoms with Gasteiger partial charge in [-0.1, -0.05) is 123 Å². The van der Waals surface area contributed by atoms with Crippen LogP contribution >= 0.6 is 0 Å². The molecule has 0 unspecified atom stereocenters. The van der Waals surface area contributed by atoms with Crippen LogP contribution in [0, 0.1) is 0 Å². The highest BCUT2D eigenvalue weighted by molar-refractivity contribution is 7.04. The molecular weight excluding hydrogens is 589 g/mol. The van der Waals surface area contributed by atoms with Crippen LogP contribution in [0.1, 0.15) is 5.82 Å². The average molecular weight is 623 g/mol. The fraction of sp³-hybridized carbons (Fsp3) is 0.0476. The number of para-hydroxylation sites is 3. The highest BCUT2D eigenvalue weighted by Gasteiger charge is 2.41. The van der Waals surface area contributed by atoms with Crippen molar-refractivity contribution in [3.05, 3.63) is 164 Å². The van der Waals surface area contributed by atoms with Crippen molar-refractivity contribution < 1.29 is 0 Å². The zero-order valence-corrected chi connectivity index (χ0v) is 27.5. The molecule has 0 aliphatic carbocycles. The fourth-order valence-electron chi connectivity index (χ4n) is 7.07. The maximum atomic E-state index is 5.33. The number of benzene rings is 5. The quantitative estimate of drug-likeness (QED) is 0.142. The van der Waals surface area contributed by atoms with Crippen LogP contribution in [0.2, 0.25) is 13.1 Å². The summed E-state index contributed by atoms with van der Waals surface area (Å²) >= 11 is 0. The molecule has 0 atom stereocenters. The minimum absolute atomic E-state index is 0.637. The molecule has 226 valence electrons. The van der Waals surface area contributed by atoms with Gasteiger partial charge < -0.3 is 9.88 Å². The highest BCUT2D eigenvalue weighted by Crippen LogP contribution is 2.35. The summed E-state index contributed by atoms with van der Waals surface area (Å²) in [6.07, 6.45) is 3.79. The second-order valence-corrected chi connectivity index (χ2v) is 16.8. The maximum Gasteiger partial charge on any atom is 0.160 e. The van der Waals surface area contributed by atoms with Gasteiger partial charge in [0, 0.05) is 39.0 Å². The largest absolute Gasteiger partial charge is 0.356 e. The molecule has 0 fully saturated rings. The molecule has 7 aromatic rings. The third kappa shape index (κ3) is 4.75. The first-order valence-corrected chi connectivity index (χ1v) is 18.9. The molecule has 0 amide bonds. The van der Waals surface area contributed by atoms with E-state index in [-0.39, 0.29) is 0 Å². The number of hydrogen-bond donors (Lipinski definition) is 1. The molecule has 1 N–H and O–H groups in total. The molecule has 0 saturated carbocycles. The summed E-state index contributed by atoms with van der Waals surface area (Å²) in [4.78, 5) is 10.6. The van der Waals surface area contributed by atoms with Crippen molar-refractivity contribution in [2.24, 2.45) is 0 Å². The minimum atomic E-state index is -2.10. The Morgan fingerprint density at radius 3 is 1.98 bits per heavy atom. The number of nitrogens with one attached hydrogen (secondary N) is 1. The molecule has 5 aromatic carbocycles. The van der Waals surface area contributed by atoms with Gasteiger partial charge in [-0.25, -0.2) is 9.97 Å². The second-order valence-electron chi connectivity index (χ2n) is 12.5. The predicted octanol–water partition coefficient (Wildman–Crippen LogP) is 9.24. The molecule has 47 heavy (non-hydrogen) atoms. The number of fused-ring (bicyclic) bond motifs is 6. The summed E-state index contributed by atoms with van der Waals surface area (Å²) in [5.74, 6) is 0.637. The summed E-state index contributed by atoms with van der Waals surface area (Å²) in [5, 5.41) is 8.55. The van der Waals surface area contributed by atoms with E-state index in [2.05, 4.69) is 133 Å². The van der Waals surface area contributed by atoms with E-state index in [1.54, 1.807) is 0 Å². The molecule has 5 heteroatoms. The molecule has 3 heterocycles. The molecule has 4 nitrogen and oxygen atoms in total. The van der Waals surface area contributed by atoms with E-state index in [1.807, 2.05) is 42.5 Å². The fourth-order valence-corrected chi connectivity index (χ4v) is 10.3. The summed E-state index contributed by atoms with van der Waals surface area (Å²) in [7, 11) is -2.10. The summed E-state index contributed by atoms with van der Waals surface area (Å²) in [6, 6.07) is 44.8. The topological polar surface area (TPSA) is 42.7 Å². The molecule has 0 bridgehead atoms. The lowest BCUT2D eigenvalue weighted by Gasteiger charge is -2.22. The molecule has 8 rings (SSSR count). The SMILES string of the molecule is C=C/C(=C\C(=C)Nc1ccccc1)c1nc(-c2ccc(-n3c4ccccc4c4ccccc43)cc2)c2c(n1)-c1ccccc1[Si]2(C)C. The van der Waals surface area contributed by atoms with Gasteiger partial charge in [0.15, 0.2) is 5.82 Å². The summed E-state index contributed by atoms with van der Waals surface area (Å²) in [5.41, 5.74) is 10.3. The smallest absolute Gasteiger partial charge is 0.160 e. The lowest BCUT2D eigenvalue weighted by molar-refractivity contribution is 1.14. The number of rotatable bonds is 7.